The van der Waals surface area contributed by atoms with Crippen LogP contribution in [0.2, 0.25) is 0 Å². The van der Waals surface area contributed by atoms with Crippen molar-refractivity contribution >= 4 is 5.91 Å². The summed E-state index contributed by atoms with van der Waals surface area (Å²) in [4.78, 5) is 14.8. The van der Waals surface area contributed by atoms with Gasteiger partial charge in [0.2, 0.25) is 5.91 Å². The van der Waals surface area contributed by atoms with E-state index >= 15 is 0 Å². The Kier molecular flexibility index (Phi) is 3.72. The molecule has 2 saturated heterocycles. The minimum absolute atomic E-state index is 0.260. The molecule has 3 fully saturated rings. The lowest BCUT2D eigenvalue weighted by Gasteiger charge is -2.50. The lowest BCUT2D eigenvalue weighted by Crippen LogP contribution is -2.61. The maximum Gasteiger partial charge on any atom is 0.220 e. The van der Waals surface area contributed by atoms with E-state index in [0.29, 0.717) is 24.2 Å². The summed E-state index contributed by atoms with van der Waals surface area (Å²) in [6.45, 7) is 4.20. The zero-order chi connectivity index (χ0) is 16.0. The van der Waals surface area contributed by atoms with Crippen LogP contribution in [-0.2, 0) is 11.2 Å². The highest BCUT2D eigenvalue weighted by molar-refractivity contribution is 5.74. The number of nitrogens with one attached hydrogen (secondary N) is 1. The predicted octanol–water partition coefficient (Wildman–Crippen LogP) is 3.14. The molecule has 0 spiro atoms. The van der Waals surface area contributed by atoms with E-state index in [1.807, 2.05) is 0 Å². The molecule has 3 nitrogen and oxygen atoms in total. The van der Waals surface area contributed by atoms with Crippen molar-refractivity contribution in [2.24, 2.45) is 5.41 Å². The van der Waals surface area contributed by atoms with Gasteiger partial charge in [-0.3, -0.25) is 4.79 Å². The lowest BCUT2D eigenvalue weighted by atomic mass is 9.69. The van der Waals surface area contributed by atoms with E-state index in [-0.39, 0.29) is 11.3 Å². The van der Waals surface area contributed by atoms with Crippen molar-refractivity contribution in [3.63, 3.8) is 0 Å². The van der Waals surface area contributed by atoms with Gasteiger partial charge in [0.25, 0.3) is 0 Å². The van der Waals surface area contributed by atoms with Crippen molar-refractivity contribution in [3.8, 4) is 0 Å². The van der Waals surface area contributed by atoms with Gasteiger partial charge >= 0.3 is 0 Å². The van der Waals surface area contributed by atoms with Gasteiger partial charge in [-0.1, -0.05) is 50.1 Å². The van der Waals surface area contributed by atoms with Gasteiger partial charge < -0.3 is 10.2 Å². The monoisotopic (exact) mass is 312 g/mol. The van der Waals surface area contributed by atoms with Gasteiger partial charge in [-0.25, -0.2) is 0 Å². The van der Waals surface area contributed by atoms with Gasteiger partial charge in [0.05, 0.1) is 6.04 Å². The molecule has 0 radical (unpaired) electrons. The van der Waals surface area contributed by atoms with Crippen LogP contribution in [-0.4, -0.2) is 35.0 Å². The Morgan fingerprint density at radius 2 is 2.00 bits per heavy atom. The van der Waals surface area contributed by atoms with Crippen LogP contribution < -0.4 is 5.32 Å². The Hall–Kier alpha value is -1.35. The molecule has 1 aromatic rings. The molecule has 23 heavy (non-hydrogen) atoms. The average molecular weight is 312 g/mol. The van der Waals surface area contributed by atoms with Gasteiger partial charge in [0.15, 0.2) is 0 Å². The van der Waals surface area contributed by atoms with Crippen LogP contribution in [0.25, 0.3) is 0 Å². The summed E-state index contributed by atoms with van der Waals surface area (Å²) in [5, 5.41) is 3.93. The lowest BCUT2D eigenvalue weighted by molar-refractivity contribution is -0.140. The van der Waals surface area contributed by atoms with Crippen molar-refractivity contribution < 1.29 is 4.79 Å². The predicted molar refractivity (Wildman–Crippen MR) is 92.1 cm³/mol. The third-order valence-corrected chi connectivity index (χ3v) is 6.66. The molecule has 2 bridgehead atoms. The normalized spacial score (nSPS) is 39.1. The molecule has 1 aliphatic carbocycles. The maximum absolute atomic E-state index is 12.6. The standard InChI is InChI=1S/C20H28N2O/c1-14(23)22-17(12-15-8-4-3-5-9-15)16-13-20(2)18(21-16)10-6-7-11-19(20)22/h3-5,8-9,16-19,21H,6-7,10-13H2,1-2H3/t16-,17+,18-,19+,20-/m0/s1. The maximum atomic E-state index is 12.6. The second-order valence-corrected chi connectivity index (χ2v) is 8.02. The van der Waals surface area contributed by atoms with Crippen molar-refractivity contribution in [2.75, 3.05) is 0 Å². The largest absolute Gasteiger partial charge is 0.334 e. The molecular weight excluding hydrogens is 284 g/mol. The Labute approximate surface area is 139 Å². The van der Waals surface area contributed by atoms with Crippen molar-refractivity contribution in [1.82, 2.24) is 10.2 Å². The highest BCUT2D eigenvalue weighted by atomic mass is 16.2. The number of benzene rings is 1. The molecule has 3 heteroatoms. The quantitative estimate of drug-likeness (QED) is 0.910. The smallest absolute Gasteiger partial charge is 0.220 e. The molecule has 1 N–H and O–H groups in total. The van der Waals surface area contributed by atoms with E-state index in [0.717, 1.165) is 6.42 Å². The van der Waals surface area contributed by atoms with Crippen molar-refractivity contribution in [2.45, 2.75) is 76.5 Å². The number of fused-ring (bicyclic) bond motifs is 1. The van der Waals surface area contributed by atoms with E-state index in [2.05, 4.69) is 47.5 Å². The molecule has 5 atom stereocenters. The number of amides is 1. The van der Waals surface area contributed by atoms with Crippen molar-refractivity contribution in [1.29, 1.82) is 0 Å². The van der Waals surface area contributed by atoms with E-state index in [4.69, 9.17) is 0 Å². The summed E-state index contributed by atoms with van der Waals surface area (Å²) >= 11 is 0. The van der Waals surface area contributed by atoms with E-state index < -0.39 is 0 Å². The number of hydrogen-bond acceptors (Lipinski definition) is 2. The molecule has 4 rings (SSSR count). The molecule has 1 amide bonds. The summed E-state index contributed by atoms with van der Waals surface area (Å²) in [7, 11) is 0. The van der Waals surface area contributed by atoms with Gasteiger partial charge in [0, 0.05) is 30.5 Å². The summed E-state index contributed by atoms with van der Waals surface area (Å²) in [5.41, 5.74) is 1.61. The molecule has 0 aromatic heterocycles. The first-order valence-electron chi connectivity index (χ1n) is 9.18. The van der Waals surface area contributed by atoms with Gasteiger partial charge in [-0.15, -0.1) is 0 Å². The Bertz CT molecular complexity index is 587. The van der Waals surface area contributed by atoms with Gasteiger partial charge in [0.1, 0.15) is 0 Å². The van der Waals surface area contributed by atoms with Crippen LogP contribution in [0.5, 0.6) is 0 Å². The summed E-state index contributed by atoms with van der Waals surface area (Å²) in [5.74, 6) is 0.260. The number of likely N-dealkylation sites (tertiary alicyclic amines) is 1. The number of rotatable bonds is 2. The average Bonchev–Trinajstić information content (AvgIpc) is 2.74. The topological polar surface area (TPSA) is 32.3 Å². The molecule has 124 valence electrons. The first-order valence-corrected chi connectivity index (χ1v) is 9.18. The first-order chi connectivity index (χ1) is 11.1. The van der Waals surface area contributed by atoms with E-state index in [1.54, 1.807) is 6.92 Å². The Morgan fingerprint density at radius 1 is 1.26 bits per heavy atom. The first kappa shape index (κ1) is 15.2. The molecule has 2 heterocycles. The zero-order valence-corrected chi connectivity index (χ0v) is 14.3. The highest BCUT2D eigenvalue weighted by Gasteiger charge is 2.58. The summed E-state index contributed by atoms with van der Waals surface area (Å²) in [6, 6.07) is 12.4. The van der Waals surface area contributed by atoms with Gasteiger partial charge in [-0.05, 0) is 31.2 Å². The third-order valence-electron chi connectivity index (χ3n) is 6.66. The van der Waals surface area contributed by atoms with Crippen LogP contribution in [0.4, 0.5) is 0 Å². The number of piperidine rings is 1. The second-order valence-electron chi connectivity index (χ2n) is 8.02. The van der Waals surface area contributed by atoms with Crippen LogP contribution in [0.3, 0.4) is 0 Å². The van der Waals surface area contributed by atoms with E-state index in [9.17, 15) is 4.79 Å². The van der Waals surface area contributed by atoms with Crippen molar-refractivity contribution in [3.05, 3.63) is 35.9 Å². The number of carbonyl (C=O) groups is 1. The number of carbonyl (C=O) groups excluding carboxylic acids is 1. The SMILES string of the molecule is CC(=O)N1[C@H](Cc2ccccc2)[C@@H]2C[C@@]3(C)[C@H](CCCC[C@@H]13)N2. The fourth-order valence-electron chi connectivity index (χ4n) is 5.60. The van der Waals surface area contributed by atoms with Gasteiger partial charge in [-0.2, -0.15) is 0 Å². The number of nitrogens with zero attached hydrogens (tertiary/aromatic N) is 1. The summed E-state index contributed by atoms with van der Waals surface area (Å²) in [6.07, 6.45) is 7.19. The minimum atomic E-state index is 0.260. The minimum Gasteiger partial charge on any atom is -0.334 e. The molecule has 1 aromatic carbocycles. The fraction of sp³-hybridized carbons (Fsp3) is 0.650. The summed E-state index contributed by atoms with van der Waals surface area (Å²) < 4.78 is 0. The zero-order valence-electron chi connectivity index (χ0n) is 14.3. The van der Waals surface area contributed by atoms with Crippen LogP contribution in [0.1, 0.15) is 51.5 Å². The molecule has 3 aliphatic rings. The number of hydrogen-bond donors (Lipinski definition) is 1. The molecule has 1 saturated carbocycles. The third kappa shape index (κ3) is 2.40. The van der Waals surface area contributed by atoms with Crippen LogP contribution in [0, 0.1) is 5.41 Å². The Morgan fingerprint density at radius 3 is 2.74 bits per heavy atom. The highest BCUT2D eigenvalue weighted by Crippen LogP contribution is 2.51. The Balaban J connectivity index is 1.70. The van der Waals surface area contributed by atoms with Crippen LogP contribution >= 0.6 is 0 Å². The fourth-order valence-corrected chi connectivity index (χ4v) is 5.60. The molecular formula is C20H28N2O. The van der Waals surface area contributed by atoms with Crippen LogP contribution in [0.15, 0.2) is 30.3 Å². The molecule has 0 unspecified atom stereocenters. The van der Waals surface area contributed by atoms with E-state index in [1.165, 1.54) is 37.7 Å². The molecule has 2 aliphatic heterocycles. The second kappa shape index (κ2) is 5.62.